The molecule has 1 heterocycles. The van der Waals surface area contributed by atoms with Gasteiger partial charge in [0.15, 0.2) is 0 Å². The molecule has 35 heavy (non-hydrogen) atoms. The van der Waals surface area contributed by atoms with Crippen molar-refractivity contribution in [3.8, 4) is 11.5 Å². The normalized spacial score (nSPS) is 17.1. The molecule has 1 amide bonds. The van der Waals surface area contributed by atoms with Crippen LogP contribution in [0.25, 0.3) is 0 Å². The lowest BCUT2D eigenvalue weighted by Gasteiger charge is -2.34. The molecule has 1 aliphatic carbocycles. The Morgan fingerprint density at radius 1 is 1.11 bits per heavy atom. The zero-order valence-corrected chi connectivity index (χ0v) is 20.8. The number of ether oxygens (including phenoxy) is 1. The number of phenols is 1. The highest BCUT2D eigenvalue weighted by Gasteiger charge is 2.34. The fraction of sp³-hybridized carbons (Fsp3) is 0.481. The molecule has 0 bridgehead atoms. The predicted molar refractivity (Wildman–Crippen MR) is 139 cm³/mol. The van der Waals surface area contributed by atoms with Crippen LogP contribution in [0, 0.1) is 11.8 Å². The SMILES string of the molecule is O=C(O)CC(c1cccc(OCC2CCN(c3cc(O)ccc3C(=O)NCCS)CC2)c1)C1CC1. The van der Waals surface area contributed by atoms with E-state index in [1.165, 1.54) is 6.07 Å². The van der Waals surface area contributed by atoms with Crippen LogP contribution in [-0.4, -0.2) is 54.1 Å². The van der Waals surface area contributed by atoms with Gasteiger partial charge in [-0.1, -0.05) is 12.1 Å². The number of aromatic hydroxyl groups is 1. The Morgan fingerprint density at radius 3 is 2.57 bits per heavy atom. The van der Waals surface area contributed by atoms with Crippen molar-refractivity contribution < 1.29 is 24.5 Å². The van der Waals surface area contributed by atoms with Crippen molar-refractivity contribution in [3.05, 3.63) is 53.6 Å². The smallest absolute Gasteiger partial charge is 0.303 e. The van der Waals surface area contributed by atoms with Crippen LogP contribution in [0.15, 0.2) is 42.5 Å². The summed E-state index contributed by atoms with van der Waals surface area (Å²) in [6.45, 7) is 2.62. The molecule has 1 saturated carbocycles. The number of carbonyl (C=O) groups is 2. The standard InChI is InChI=1S/C27H34N2O5S/c30-21-6-7-23(27(33)28-10-13-35)25(15-21)29-11-8-18(9-12-29)17-34-22-3-1-2-20(14-22)24(16-26(31)32)19-4-5-19/h1-3,6-7,14-15,18-19,24,30,35H,4-5,8-13,16-17H2,(H,28,33)(H,31,32). The Morgan fingerprint density at radius 2 is 1.89 bits per heavy atom. The van der Waals surface area contributed by atoms with Gasteiger partial charge in [-0.25, -0.2) is 0 Å². The summed E-state index contributed by atoms with van der Waals surface area (Å²) in [5.41, 5.74) is 2.36. The van der Waals surface area contributed by atoms with Crippen LogP contribution in [0.4, 0.5) is 5.69 Å². The van der Waals surface area contributed by atoms with Gasteiger partial charge < -0.3 is 25.2 Å². The maximum Gasteiger partial charge on any atom is 0.303 e. The average Bonchev–Trinajstić information content (AvgIpc) is 3.70. The average molecular weight is 499 g/mol. The van der Waals surface area contributed by atoms with Gasteiger partial charge in [-0.15, -0.1) is 0 Å². The lowest BCUT2D eigenvalue weighted by Crippen LogP contribution is -2.37. The molecule has 1 unspecified atom stereocenters. The van der Waals surface area contributed by atoms with Gasteiger partial charge in [0.25, 0.3) is 5.91 Å². The maximum atomic E-state index is 12.6. The van der Waals surface area contributed by atoms with E-state index in [1.807, 2.05) is 24.3 Å². The van der Waals surface area contributed by atoms with Gasteiger partial charge in [0, 0.05) is 31.5 Å². The van der Waals surface area contributed by atoms with E-state index in [0.717, 1.165) is 55.8 Å². The first-order chi connectivity index (χ1) is 16.9. The van der Waals surface area contributed by atoms with E-state index in [2.05, 4.69) is 22.8 Å². The number of benzene rings is 2. The first kappa shape index (κ1) is 25.2. The van der Waals surface area contributed by atoms with Crippen LogP contribution in [0.1, 0.15) is 53.9 Å². The zero-order chi connectivity index (χ0) is 24.8. The van der Waals surface area contributed by atoms with E-state index in [9.17, 15) is 19.8 Å². The van der Waals surface area contributed by atoms with E-state index in [0.29, 0.717) is 36.3 Å². The third-order valence-electron chi connectivity index (χ3n) is 6.94. The minimum atomic E-state index is -0.755. The topological polar surface area (TPSA) is 99.1 Å². The van der Waals surface area contributed by atoms with Gasteiger partial charge >= 0.3 is 5.97 Å². The quantitative estimate of drug-likeness (QED) is 0.345. The van der Waals surface area contributed by atoms with Crippen molar-refractivity contribution in [2.45, 2.75) is 38.0 Å². The molecule has 1 saturated heterocycles. The second-order valence-corrected chi connectivity index (χ2v) is 9.98. The summed E-state index contributed by atoms with van der Waals surface area (Å²) >= 11 is 4.15. The summed E-state index contributed by atoms with van der Waals surface area (Å²) in [6.07, 6.45) is 4.18. The molecular formula is C27H34N2O5S. The second kappa shape index (κ2) is 11.7. The number of anilines is 1. The van der Waals surface area contributed by atoms with Crippen molar-refractivity contribution in [2.75, 3.05) is 36.9 Å². The molecule has 0 radical (unpaired) electrons. The number of hydrogen-bond acceptors (Lipinski definition) is 6. The molecule has 8 heteroatoms. The highest BCUT2D eigenvalue weighted by Crippen LogP contribution is 2.45. The summed E-state index contributed by atoms with van der Waals surface area (Å²) in [6, 6.07) is 12.8. The Bertz CT molecular complexity index is 1030. The number of thiol groups is 1. The zero-order valence-electron chi connectivity index (χ0n) is 19.9. The fourth-order valence-electron chi connectivity index (χ4n) is 4.87. The Hall–Kier alpha value is -2.87. The molecule has 3 N–H and O–H groups in total. The second-order valence-electron chi connectivity index (χ2n) is 9.54. The van der Waals surface area contributed by atoms with Gasteiger partial charge in [0.2, 0.25) is 0 Å². The first-order valence-electron chi connectivity index (χ1n) is 12.4. The third-order valence-corrected chi connectivity index (χ3v) is 7.16. The molecule has 2 aromatic carbocycles. The minimum absolute atomic E-state index is 0.0562. The molecule has 4 rings (SSSR count). The maximum absolute atomic E-state index is 12.6. The molecule has 1 atom stereocenters. The lowest BCUT2D eigenvalue weighted by atomic mass is 9.91. The molecule has 0 aromatic heterocycles. The van der Waals surface area contributed by atoms with E-state index in [4.69, 9.17) is 4.74 Å². The number of nitrogens with zero attached hydrogens (tertiary/aromatic N) is 1. The molecule has 0 spiro atoms. The molecule has 7 nitrogen and oxygen atoms in total. The molecule has 2 fully saturated rings. The highest BCUT2D eigenvalue weighted by atomic mass is 32.1. The first-order valence-corrected chi connectivity index (χ1v) is 13.0. The number of piperidine rings is 1. The van der Waals surface area contributed by atoms with Crippen LogP contribution >= 0.6 is 12.6 Å². The van der Waals surface area contributed by atoms with Gasteiger partial charge in [0.1, 0.15) is 11.5 Å². The summed E-state index contributed by atoms with van der Waals surface area (Å²) in [4.78, 5) is 26.0. The predicted octanol–water partition coefficient (Wildman–Crippen LogP) is 4.32. The van der Waals surface area contributed by atoms with Crippen LogP contribution < -0.4 is 15.0 Å². The van der Waals surface area contributed by atoms with Crippen molar-refractivity contribution >= 4 is 30.2 Å². The summed E-state index contributed by atoms with van der Waals surface area (Å²) in [7, 11) is 0. The van der Waals surface area contributed by atoms with Crippen molar-refractivity contribution in [1.82, 2.24) is 5.32 Å². The molecule has 2 aliphatic rings. The lowest BCUT2D eigenvalue weighted by molar-refractivity contribution is -0.137. The number of rotatable bonds is 11. The Kier molecular flexibility index (Phi) is 8.44. The number of phenolic OH excluding ortho intramolecular Hbond substituents is 1. The van der Waals surface area contributed by atoms with E-state index >= 15 is 0 Å². The number of carboxylic acids is 1. The number of nitrogens with one attached hydrogen (secondary N) is 1. The number of amides is 1. The summed E-state index contributed by atoms with van der Waals surface area (Å²) in [5, 5.41) is 22.2. The van der Waals surface area contributed by atoms with Gasteiger partial charge in [0.05, 0.1) is 24.3 Å². The monoisotopic (exact) mass is 498 g/mol. The summed E-state index contributed by atoms with van der Waals surface area (Å²) < 4.78 is 6.13. The van der Waals surface area contributed by atoms with E-state index < -0.39 is 5.97 Å². The number of carbonyl (C=O) groups excluding carboxylic acids is 1. The van der Waals surface area contributed by atoms with Gasteiger partial charge in [-0.3, -0.25) is 9.59 Å². The van der Waals surface area contributed by atoms with Crippen molar-refractivity contribution in [1.29, 1.82) is 0 Å². The molecular weight excluding hydrogens is 464 g/mol. The minimum Gasteiger partial charge on any atom is -0.508 e. The largest absolute Gasteiger partial charge is 0.508 e. The Balaban J connectivity index is 1.33. The van der Waals surface area contributed by atoms with Gasteiger partial charge in [-0.2, -0.15) is 12.6 Å². The van der Waals surface area contributed by atoms with Crippen LogP contribution in [-0.2, 0) is 4.79 Å². The fourth-order valence-corrected chi connectivity index (χ4v) is 4.98. The van der Waals surface area contributed by atoms with Crippen LogP contribution in [0.2, 0.25) is 0 Å². The highest BCUT2D eigenvalue weighted by molar-refractivity contribution is 7.80. The molecule has 1 aliphatic heterocycles. The third kappa shape index (κ3) is 6.84. The van der Waals surface area contributed by atoms with Crippen molar-refractivity contribution in [2.24, 2.45) is 11.8 Å². The molecule has 188 valence electrons. The van der Waals surface area contributed by atoms with Crippen LogP contribution in [0.3, 0.4) is 0 Å². The number of hydrogen-bond donors (Lipinski definition) is 4. The number of carboxylic acid groups (broad SMARTS) is 1. The van der Waals surface area contributed by atoms with Crippen LogP contribution in [0.5, 0.6) is 11.5 Å². The van der Waals surface area contributed by atoms with Crippen molar-refractivity contribution in [3.63, 3.8) is 0 Å². The van der Waals surface area contributed by atoms with Gasteiger partial charge in [-0.05, 0) is 73.3 Å². The molecule has 2 aromatic rings. The van der Waals surface area contributed by atoms with E-state index in [1.54, 1.807) is 12.1 Å². The number of aliphatic carboxylic acids is 1. The van der Waals surface area contributed by atoms with E-state index in [-0.39, 0.29) is 24.0 Å². The summed E-state index contributed by atoms with van der Waals surface area (Å²) in [5.74, 6) is 1.48. The Labute approximate surface area is 211 Å².